The van der Waals surface area contributed by atoms with E-state index in [1.165, 1.54) is 13.8 Å². The number of aryl methyl sites for hydroxylation is 1. The van der Waals surface area contributed by atoms with E-state index in [1.54, 1.807) is 0 Å². The van der Waals surface area contributed by atoms with E-state index < -0.39 is 122 Å². The second-order valence-electron chi connectivity index (χ2n) is 6.85. The van der Waals surface area contributed by atoms with Gasteiger partial charge in [0.1, 0.15) is 12.1 Å². The molecule has 2 heterocycles. The van der Waals surface area contributed by atoms with Gasteiger partial charge in [0.05, 0.1) is 25.0 Å². The van der Waals surface area contributed by atoms with Crippen molar-refractivity contribution in [2.45, 2.75) is 64.9 Å². The first-order valence-electron chi connectivity index (χ1n) is 20.4. The molecule has 2 aliphatic heterocycles. The van der Waals surface area contributed by atoms with Crippen molar-refractivity contribution in [2.24, 2.45) is 23.4 Å². The predicted molar refractivity (Wildman–Crippen MR) is 118 cm³/mol. The van der Waals surface area contributed by atoms with Crippen LogP contribution in [0.2, 0.25) is 0 Å². The Kier molecular flexibility index (Phi) is 2.35. The van der Waals surface area contributed by atoms with E-state index in [1.807, 2.05) is 0 Å². The van der Waals surface area contributed by atoms with Crippen LogP contribution in [0.5, 0.6) is 11.5 Å². The average molecular weight is 442 g/mol. The standard InChI is InChI=1S/C24H38N2O4/c1-14(2)9-17-13-26-8-7-16-10-21(28-5)22(29-6)11-18(16)19(26)12-20(17)30-24(27)23(25)15(3)4/h10-11,14-15,17,19-20,23H,7-9,12-13,25H2,1-6H3/t17?,19?,20?,23-/m0/s1/i1D3,5D3,6D3,7D2,8D2,9D2,12D2,13D2,14D,17D,19D,20D/t14?,17?,19?,20?,23-. The zero-order chi connectivity index (χ0) is 42.2. The number of hydrogen-bond acceptors (Lipinski definition) is 6. The fourth-order valence-corrected chi connectivity index (χ4v) is 2.64. The Hall–Kier alpha value is -1.79. The van der Waals surface area contributed by atoms with Crippen LogP contribution in [0, 0.1) is 17.7 Å². The molecule has 3 rings (SSSR count). The number of benzene rings is 1. The van der Waals surface area contributed by atoms with Gasteiger partial charge < -0.3 is 19.9 Å². The zero-order valence-electron chi connectivity index (χ0n) is 39.5. The third-order valence-electron chi connectivity index (χ3n) is 4.27. The molecule has 6 heteroatoms. The molecule has 0 aromatic heterocycles. The van der Waals surface area contributed by atoms with E-state index in [4.69, 9.17) is 41.9 Å². The maximum absolute atomic E-state index is 13.5. The Morgan fingerprint density at radius 2 is 2.13 bits per heavy atom. The van der Waals surface area contributed by atoms with Crippen LogP contribution >= 0.6 is 0 Å². The zero-order valence-corrected chi connectivity index (χ0v) is 16.5. The Balaban J connectivity index is 2.74. The van der Waals surface area contributed by atoms with Crippen molar-refractivity contribution in [1.82, 2.24) is 4.90 Å². The van der Waals surface area contributed by atoms with Crippen LogP contribution in [-0.2, 0) is 15.9 Å². The van der Waals surface area contributed by atoms with Crippen molar-refractivity contribution in [2.75, 3.05) is 27.1 Å². The van der Waals surface area contributed by atoms with Gasteiger partial charge in [0.25, 0.3) is 0 Å². The number of rotatable bonds is 7. The van der Waals surface area contributed by atoms with E-state index in [2.05, 4.69) is 0 Å². The van der Waals surface area contributed by atoms with Gasteiger partial charge in [-0.1, -0.05) is 27.6 Å². The normalized spacial score (nSPS) is 54.0. The summed E-state index contributed by atoms with van der Waals surface area (Å²) >= 11 is 0. The summed E-state index contributed by atoms with van der Waals surface area (Å²) in [6.07, 6.45) is -17.3. The molecule has 2 aliphatic rings. The molecule has 4 unspecified atom stereocenters. The van der Waals surface area contributed by atoms with Crippen molar-refractivity contribution in [3.63, 3.8) is 0 Å². The molecular weight excluding hydrogens is 380 g/mol. The fraction of sp³-hybridized carbons (Fsp3) is 0.708. The maximum Gasteiger partial charge on any atom is 0.323 e. The number of carbonyl (C=O) groups is 1. The van der Waals surface area contributed by atoms with E-state index in [-0.39, 0.29) is 6.07 Å². The summed E-state index contributed by atoms with van der Waals surface area (Å²) in [4.78, 5) is 12.8. The van der Waals surface area contributed by atoms with E-state index in [9.17, 15) is 14.4 Å². The van der Waals surface area contributed by atoms with Crippen LogP contribution < -0.4 is 15.2 Å². The quantitative estimate of drug-likeness (QED) is 0.652. The van der Waals surface area contributed by atoms with Gasteiger partial charge in [0.15, 0.2) is 11.5 Å². The summed E-state index contributed by atoms with van der Waals surface area (Å²) in [7, 11) is -6.91. The number of piperidine rings is 1. The molecule has 6 nitrogen and oxygen atoms in total. The van der Waals surface area contributed by atoms with Gasteiger partial charge in [-0.15, -0.1) is 0 Å². The first-order valence-corrected chi connectivity index (χ1v) is 8.86. The Labute approximate surface area is 213 Å². The molecule has 0 radical (unpaired) electrons. The molecule has 30 heavy (non-hydrogen) atoms. The number of esters is 1. The molecule has 5 atom stereocenters. The number of fused-ring (bicyclic) bond motifs is 3. The van der Waals surface area contributed by atoms with E-state index in [0.717, 1.165) is 0 Å². The van der Waals surface area contributed by atoms with Gasteiger partial charge >= 0.3 is 5.97 Å². The molecule has 0 saturated carbocycles. The van der Waals surface area contributed by atoms with Crippen LogP contribution in [-0.4, -0.2) is 50.1 Å². The third-order valence-corrected chi connectivity index (χ3v) is 4.27. The molecule has 0 bridgehead atoms. The third kappa shape index (κ3) is 4.75. The number of methoxy groups -OCH3 is 2. The van der Waals surface area contributed by atoms with Gasteiger partial charge in [-0.25, -0.2) is 0 Å². The smallest absolute Gasteiger partial charge is 0.323 e. The molecule has 168 valence electrons. The van der Waals surface area contributed by atoms with E-state index >= 15 is 0 Å². The molecule has 1 aromatic carbocycles. The SMILES string of the molecule is [2H]C([2H])([2H])Oc1cc2c(cc1OC([2H])([2H])[2H])C1([2H])N(C([2H])([2H])C2([2H])[2H])C([2H])([2H])C([2H])(C([2H])([2H])C([2H])(C)C([2H])([2H])[2H])C([2H])(OC(=O)[C@@H](N)C(C)C)C1([2H])[2H]. The number of nitrogens with zero attached hydrogens (tertiary/aromatic N) is 1. The van der Waals surface area contributed by atoms with Gasteiger partial charge in [-0.2, -0.15) is 0 Å². The molecule has 2 N–H and O–H groups in total. The average Bonchev–Trinajstić information content (AvgIpc) is 2.92. The minimum atomic E-state index is -4.68. The maximum atomic E-state index is 13.5. The molecule has 1 saturated heterocycles. The number of hydrogen-bond donors (Lipinski definition) is 1. The summed E-state index contributed by atoms with van der Waals surface area (Å²) < 4.78 is 211. The van der Waals surface area contributed by atoms with Crippen LogP contribution in [0.15, 0.2) is 12.1 Å². The molecule has 0 spiro atoms. The fourth-order valence-electron chi connectivity index (χ4n) is 2.64. The molecule has 1 aromatic rings. The molecule has 0 amide bonds. The van der Waals surface area contributed by atoms with Crippen LogP contribution in [0.1, 0.15) is 89.0 Å². The van der Waals surface area contributed by atoms with Crippen molar-refractivity contribution in [3.05, 3.63) is 23.3 Å². The lowest BCUT2D eigenvalue weighted by Crippen LogP contribution is -2.51. The lowest BCUT2D eigenvalue weighted by molar-refractivity contribution is -0.160. The second kappa shape index (κ2) is 9.56. The molecule has 0 aliphatic carbocycles. The monoisotopic (exact) mass is 441 g/mol. The lowest BCUT2D eigenvalue weighted by Gasteiger charge is -2.47. The Morgan fingerprint density at radius 1 is 1.40 bits per heavy atom. The highest BCUT2D eigenvalue weighted by atomic mass is 16.5. The minimum absolute atomic E-state index is 0.286. The van der Waals surface area contributed by atoms with Gasteiger partial charge in [-0.3, -0.25) is 9.69 Å². The van der Waals surface area contributed by atoms with Crippen molar-refractivity contribution in [3.8, 4) is 11.5 Å². The van der Waals surface area contributed by atoms with Crippen LogP contribution in [0.25, 0.3) is 0 Å². The largest absolute Gasteiger partial charge is 0.493 e. The first kappa shape index (κ1) is 7.38. The Bertz CT molecular complexity index is 1620. The number of carbonyl (C=O) groups excluding carboxylic acids is 1. The topological polar surface area (TPSA) is 74.0 Å². The van der Waals surface area contributed by atoms with Crippen LogP contribution in [0.4, 0.5) is 0 Å². The Morgan fingerprint density at radius 3 is 2.80 bits per heavy atom. The number of ether oxygens (including phenoxy) is 3. The van der Waals surface area contributed by atoms with Gasteiger partial charge in [0.2, 0.25) is 0 Å². The summed E-state index contributed by atoms with van der Waals surface area (Å²) in [6, 6.07) is -5.30. The summed E-state index contributed by atoms with van der Waals surface area (Å²) in [5, 5.41) is 0. The van der Waals surface area contributed by atoms with Crippen LogP contribution in [0.3, 0.4) is 0 Å². The lowest BCUT2D eigenvalue weighted by atomic mass is 9.79. The second-order valence-corrected chi connectivity index (χ2v) is 6.85. The highest BCUT2D eigenvalue weighted by Crippen LogP contribution is 2.44. The number of nitrogens with two attached hydrogens (primary N) is 1. The highest BCUT2D eigenvalue weighted by Gasteiger charge is 2.41. The summed E-state index contributed by atoms with van der Waals surface area (Å²) in [5.74, 6) is -13.4. The van der Waals surface area contributed by atoms with Crippen molar-refractivity contribution >= 4 is 5.97 Å². The highest BCUT2D eigenvalue weighted by molar-refractivity contribution is 5.76. The minimum Gasteiger partial charge on any atom is -0.493 e. The summed E-state index contributed by atoms with van der Waals surface area (Å²) in [6.45, 7) is -9.63. The van der Waals surface area contributed by atoms with E-state index in [0.29, 0.717) is 13.0 Å². The predicted octanol–water partition coefficient (Wildman–Crippen LogP) is 3.56. The van der Waals surface area contributed by atoms with Gasteiger partial charge in [0, 0.05) is 51.8 Å². The van der Waals surface area contributed by atoms with Crippen molar-refractivity contribution < 1.29 is 50.5 Å². The first-order chi connectivity index (χ1) is 23.0. The summed E-state index contributed by atoms with van der Waals surface area (Å²) in [5.41, 5.74) is 3.33. The molecule has 1 fully saturated rings. The molecular formula is C24H38N2O4. The van der Waals surface area contributed by atoms with Crippen molar-refractivity contribution in [1.29, 1.82) is 0 Å². The van der Waals surface area contributed by atoms with Gasteiger partial charge in [-0.05, 0) is 47.8 Å².